The van der Waals surface area contributed by atoms with Gasteiger partial charge in [0.25, 0.3) is 0 Å². The Morgan fingerprint density at radius 2 is 1.82 bits per heavy atom. The number of allylic oxidation sites excluding steroid dienone is 4. The normalized spacial score (nSPS) is 53.5. The van der Waals surface area contributed by atoms with Crippen LogP contribution in [-0.2, 0) is 4.79 Å². The summed E-state index contributed by atoms with van der Waals surface area (Å²) in [6, 6.07) is 0. The molecule has 0 aromatic rings. The number of hydrogen-bond donors (Lipinski definition) is 1. The smallest absolute Gasteiger partial charge is 0.178 e. The van der Waals surface area contributed by atoms with Crippen molar-refractivity contribution in [3.63, 3.8) is 0 Å². The van der Waals surface area contributed by atoms with Crippen molar-refractivity contribution in [2.24, 2.45) is 28.6 Å². The van der Waals surface area contributed by atoms with Crippen LogP contribution in [0, 0.1) is 28.6 Å². The summed E-state index contributed by atoms with van der Waals surface area (Å²) < 4.78 is 0. The third kappa shape index (κ3) is 1.68. The fourth-order valence-corrected chi connectivity index (χ4v) is 6.44. The van der Waals surface area contributed by atoms with Gasteiger partial charge < -0.3 is 5.11 Å². The van der Waals surface area contributed by atoms with E-state index in [1.54, 1.807) is 6.08 Å². The third-order valence-corrected chi connectivity index (χ3v) is 8.12. The first-order valence-electron chi connectivity index (χ1n) is 8.95. The maximum atomic E-state index is 11.7. The molecule has 0 saturated heterocycles. The van der Waals surface area contributed by atoms with Crippen molar-refractivity contribution in [3.05, 3.63) is 23.8 Å². The highest BCUT2D eigenvalue weighted by Crippen LogP contribution is 2.66. The highest BCUT2D eigenvalue weighted by molar-refractivity contribution is 6.01. The molecule has 0 bridgehead atoms. The Balaban J connectivity index is 1.71. The molecule has 0 radical (unpaired) electrons. The third-order valence-electron chi connectivity index (χ3n) is 8.12. The maximum absolute atomic E-state index is 11.7. The monoisotopic (exact) mass is 300 g/mol. The van der Waals surface area contributed by atoms with E-state index in [4.69, 9.17) is 0 Å². The van der Waals surface area contributed by atoms with E-state index in [1.165, 1.54) is 24.8 Å². The van der Waals surface area contributed by atoms with E-state index < -0.39 is 5.60 Å². The summed E-state index contributed by atoms with van der Waals surface area (Å²) >= 11 is 0. The predicted octanol–water partition coefficient (Wildman–Crippen LogP) is 4.05. The van der Waals surface area contributed by atoms with Crippen molar-refractivity contribution in [2.45, 2.75) is 64.9 Å². The fraction of sp³-hybridized carbons (Fsp3) is 0.750. The summed E-state index contributed by atoms with van der Waals surface area (Å²) in [7, 11) is 0. The van der Waals surface area contributed by atoms with E-state index in [9.17, 15) is 9.90 Å². The first kappa shape index (κ1) is 14.7. The van der Waals surface area contributed by atoms with Gasteiger partial charge in [-0.2, -0.15) is 0 Å². The summed E-state index contributed by atoms with van der Waals surface area (Å²) in [6.07, 6.45) is 12.5. The van der Waals surface area contributed by atoms with Crippen LogP contribution in [0.5, 0.6) is 0 Å². The molecule has 4 aliphatic rings. The molecular weight excluding hydrogens is 272 g/mol. The van der Waals surface area contributed by atoms with Crippen LogP contribution in [-0.4, -0.2) is 16.5 Å². The van der Waals surface area contributed by atoms with Crippen LogP contribution in [0.4, 0.5) is 0 Å². The Labute approximate surface area is 133 Å². The number of aliphatic hydroxyl groups is 1. The van der Waals surface area contributed by atoms with E-state index in [0.29, 0.717) is 17.8 Å². The second-order valence-corrected chi connectivity index (χ2v) is 8.87. The summed E-state index contributed by atoms with van der Waals surface area (Å²) in [5.74, 6) is 2.15. The minimum absolute atomic E-state index is 0.0760. The molecule has 2 heteroatoms. The average Bonchev–Trinajstić information content (AvgIpc) is 2.70. The molecule has 0 spiro atoms. The van der Waals surface area contributed by atoms with E-state index in [1.807, 2.05) is 6.08 Å². The molecule has 0 amide bonds. The maximum Gasteiger partial charge on any atom is 0.178 e. The molecular formula is C20H28O2. The van der Waals surface area contributed by atoms with Gasteiger partial charge in [0.15, 0.2) is 5.78 Å². The molecule has 120 valence electrons. The summed E-state index contributed by atoms with van der Waals surface area (Å²) in [5, 5.41) is 10.9. The summed E-state index contributed by atoms with van der Waals surface area (Å²) in [6.45, 7) is 6.73. The van der Waals surface area contributed by atoms with Gasteiger partial charge in [0, 0.05) is 5.41 Å². The van der Waals surface area contributed by atoms with Crippen molar-refractivity contribution < 1.29 is 9.90 Å². The topological polar surface area (TPSA) is 37.3 Å². The molecule has 0 aliphatic heterocycles. The van der Waals surface area contributed by atoms with Crippen molar-refractivity contribution in [1.29, 1.82) is 0 Å². The molecule has 4 aliphatic carbocycles. The van der Waals surface area contributed by atoms with Gasteiger partial charge in [-0.15, -0.1) is 0 Å². The van der Waals surface area contributed by atoms with Gasteiger partial charge in [0.1, 0.15) is 0 Å². The zero-order valence-corrected chi connectivity index (χ0v) is 14.1. The molecule has 2 nitrogen and oxygen atoms in total. The van der Waals surface area contributed by atoms with Gasteiger partial charge in [-0.3, -0.25) is 4.79 Å². The van der Waals surface area contributed by atoms with Gasteiger partial charge in [-0.05, 0) is 80.8 Å². The number of ketones is 1. The van der Waals surface area contributed by atoms with Gasteiger partial charge in [-0.1, -0.05) is 25.5 Å². The van der Waals surface area contributed by atoms with Crippen molar-refractivity contribution >= 4 is 5.78 Å². The Hall–Kier alpha value is -0.890. The first-order chi connectivity index (χ1) is 10.3. The molecule has 3 fully saturated rings. The van der Waals surface area contributed by atoms with Crippen LogP contribution in [0.1, 0.15) is 59.3 Å². The van der Waals surface area contributed by atoms with E-state index >= 15 is 0 Å². The Morgan fingerprint density at radius 1 is 1.09 bits per heavy atom. The highest BCUT2D eigenvalue weighted by atomic mass is 16.3. The first-order valence-corrected chi connectivity index (χ1v) is 8.95. The van der Waals surface area contributed by atoms with Gasteiger partial charge in [-0.25, -0.2) is 0 Å². The number of rotatable bonds is 0. The second-order valence-electron chi connectivity index (χ2n) is 8.87. The molecule has 0 unspecified atom stereocenters. The van der Waals surface area contributed by atoms with Gasteiger partial charge in [0.05, 0.1) is 5.60 Å². The number of hydrogen-bond acceptors (Lipinski definition) is 2. The molecule has 22 heavy (non-hydrogen) atoms. The van der Waals surface area contributed by atoms with Crippen LogP contribution in [0.15, 0.2) is 23.8 Å². The zero-order chi connectivity index (χ0) is 15.8. The van der Waals surface area contributed by atoms with Crippen LogP contribution in [0.25, 0.3) is 0 Å². The van der Waals surface area contributed by atoms with E-state index in [2.05, 4.69) is 26.8 Å². The zero-order valence-electron chi connectivity index (χ0n) is 14.1. The predicted molar refractivity (Wildman–Crippen MR) is 87.2 cm³/mol. The summed E-state index contributed by atoms with van der Waals surface area (Å²) in [5.41, 5.74) is 1.01. The molecule has 1 N–H and O–H groups in total. The Bertz CT molecular complexity index is 585. The van der Waals surface area contributed by atoms with E-state index in [-0.39, 0.29) is 16.6 Å². The molecule has 0 aromatic heterocycles. The standard InChI is InChI=1S/C20H28O2/c1-18-9-6-14(21)12-13(18)4-5-15-16(18)7-10-19(2)17(15)8-11-20(19,3)22/h6,9,12,15-17,22H,4-5,7-8,10-11H2,1-3H3/t15-,16+,17+,18-,19-,20-/m0/s1. The van der Waals surface area contributed by atoms with Crippen molar-refractivity contribution in [3.8, 4) is 0 Å². The second kappa shape index (κ2) is 4.35. The SMILES string of the molecule is C[C@]12C=CC(=O)C=C1CC[C@H]1[C@H]2CC[C@@]2(C)[C@@H]1CC[C@]2(C)O. The minimum atomic E-state index is -0.502. The quantitative estimate of drug-likeness (QED) is 0.733. The lowest BCUT2D eigenvalue weighted by Gasteiger charge is -2.57. The van der Waals surface area contributed by atoms with E-state index in [0.717, 1.165) is 19.3 Å². The number of carbonyl (C=O) groups is 1. The average molecular weight is 300 g/mol. The lowest BCUT2D eigenvalue weighted by molar-refractivity contribution is -0.114. The van der Waals surface area contributed by atoms with Gasteiger partial charge >= 0.3 is 0 Å². The molecule has 0 aromatic carbocycles. The van der Waals surface area contributed by atoms with Gasteiger partial charge in [0.2, 0.25) is 0 Å². The van der Waals surface area contributed by atoms with Crippen molar-refractivity contribution in [1.82, 2.24) is 0 Å². The Morgan fingerprint density at radius 3 is 2.59 bits per heavy atom. The number of carbonyl (C=O) groups excluding carboxylic acids is 1. The number of fused-ring (bicyclic) bond motifs is 5. The Kier molecular flexibility index (Phi) is 2.90. The largest absolute Gasteiger partial charge is 0.390 e. The minimum Gasteiger partial charge on any atom is -0.390 e. The van der Waals surface area contributed by atoms with Crippen LogP contribution in [0.2, 0.25) is 0 Å². The van der Waals surface area contributed by atoms with Crippen LogP contribution < -0.4 is 0 Å². The molecule has 4 rings (SSSR count). The van der Waals surface area contributed by atoms with Crippen molar-refractivity contribution in [2.75, 3.05) is 0 Å². The fourth-order valence-electron chi connectivity index (χ4n) is 6.44. The lowest BCUT2D eigenvalue weighted by Crippen LogP contribution is -2.53. The lowest BCUT2D eigenvalue weighted by atomic mass is 9.47. The van der Waals surface area contributed by atoms with Crippen LogP contribution >= 0.6 is 0 Å². The molecule has 0 heterocycles. The molecule has 3 saturated carbocycles. The molecule has 6 atom stereocenters. The highest BCUT2D eigenvalue weighted by Gasteiger charge is 2.61. The summed E-state index contributed by atoms with van der Waals surface area (Å²) in [4.78, 5) is 11.7. The van der Waals surface area contributed by atoms with Crippen LogP contribution in [0.3, 0.4) is 0 Å².